The van der Waals surface area contributed by atoms with Gasteiger partial charge in [0.1, 0.15) is 11.9 Å². The third kappa shape index (κ3) is 4.45. The van der Waals surface area contributed by atoms with Crippen LogP contribution in [0.15, 0.2) is 73.1 Å². The zero-order valence-corrected chi connectivity index (χ0v) is 17.2. The molecule has 4 rings (SSSR count). The molecule has 0 bridgehead atoms. The highest BCUT2D eigenvalue weighted by Crippen LogP contribution is 2.22. The Balaban J connectivity index is 1.54. The Morgan fingerprint density at radius 3 is 2.52 bits per heavy atom. The number of hydrogen-bond donors (Lipinski definition) is 2. The zero-order valence-electron chi connectivity index (χ0n) is 17.2. The van der Waals surface area contributed by atoms with Gasteiger partial charge in [0.2, 0.25) is 5.91 Å². The van der Waals surface area contributed by atoms with Gasteiger partial charge in [-0.2, -0.15) is 0 Å². The maximum Gasteiger partial charge on any atom is 0.254 e. The number of amides is 2. The number of pyridine rings is 1. The van der Waals surface area contributed by atoms with Gasteiger partial charge in [-0.1, -0.05) is 30.3 Å². The Labute approximate surface area is 179 Å². The van der Waals surface area contributed by atoms with Gasteiger partial charge in [-0.25, -0.2) is 4.98 Å². The molecule has 31 heavy (non-hydrogen) atoms. The second-order valence-corrected chi connectivity index (χ2v) is 7.41. The summed E-state index contributed by atoms with van der Waals surface area (Å²) < 4.78 is 0. The van der Waals surface area contributed by atoms with Crippen molar-refractivity contribution in [3.8, 4) is 11.4 Å². The molecule has 0 aliphatic carbocycles. The number of H-pyrrole nitrogens is 1. The van der Waals surface area contributed by atoms with E-state index in [1.54, 1.807) is 37.6 Å². The third-order valence-electron chi connectivity index (χ3n) is 5.35. The average molecular weight is 413 g/mol. The summed E-state index contributed by atoms with van der Waals surface area (Å²) in [4.78, 5) is 38.4. The van der Waals surface area contributed by atoms with Crippen LogP contribution in [0.5, 0.6) is 0 Å². The van der Waals surface area contributed by atoms with Crippen LogP contribution in [0.3, 0.4) is 0 Å². The Kier molecular flexibility index (Phi) is 5.75. The SMILES string of the molecule is CN(C(=O)c1ccc2nc(-c3ccncc3)[nH]c2c1)[C@@H](CCc1ccccc1)C(N)=O. The van der Waals surface area contributed by atoms with Gasteiger partial charge < -0.3 is 15.6 Å². The van der Waals surface area contributed by atoms with Crippen molar-refractivity contribution in [2.45, 2.75) is 18.9 Å². The summed E-state index contributed by atoms with van der Waals surface area (Å²) in [5, 5.41) is 0. The Morgan fingerprint density at radius 1 is 1.06 bits per heavy atom. The smallest absolute Gasteiger partial charge is 0.254 e. The van der Waals surface area contributed by atoms with Crippen molar-refractivity contribution < 1.29 is 9.59 Å². The maximum absolute atomic E-state index is 13.1. The normalized spacial score (nSPS) is 11.9. The minimum Gasteiger partial charge on any atom is -0.368 e. The van der Waals surface area contributed by atoms with Crippen LogP contribution < -0.4 is 5.73 Å². The van der Waals surface area contributed by atoms with Crippen molar-refractivity contribution in [2.75, 3.05) is 7.05 Å². The van der Waals surface area contributed by atoms with Gasteiger partial charge in [0.25, 0.3) is 5.91 Å². The molecule has 2 amide bonds. The Morgan fingerprint density at radius 2 is 1.81 bits per heavy atom. The first-order valence-corrected chi connectivity index (χ1v) is 10.0. The molecule has 2 heterocycles. The van der Waals surface area contributed by atoms with Crippen LogP contribution in [0.4, 0.5) is 0 Å². The van der Waals surface area contributed by atoms with Crippen LogP contribution in [-0.4, -0.2) is 44.8 Å². The van der Waals surface area contributed by atoms with Gasteiger partial charge in [0, 0.05) is 30.6 Å². The molecule has 7 heteroatoms. The minimum absolute atomic E-state index is 0.265. The molecular formula is C24H23N5O2. The zero-order chi connectivity index (χ0) is 21.8. The molecule has 0 aliphatic heterocycles. The lowest BCUT2D eigenvalue weighted by Gasteiger charge is -2.26. The number of carbonyl (C=O) groups excluding carboxylic acids is 2. The van der Waals surface area contributed by atoms with Crippen LogP contribution in [0.1, 0.15) is 22.3 Å². The standard InChI is InChI=1S/C24H23N5O2/c1-29(21(22(25)30)10-7-16-5-3-2-4-6-16)24(31)18-8-9-19-20(15-18)28-23(27-19)17-11-13-26-14-12-17/h2-6,8-9,11-15,21H,7,10H2,1H3,(H2,25,30)(H,27,28)/t21-/m0/s1. The van der Waals surface area contributed by atoms with Gasteiger partial charge in [-0.05, 0) is 48.7 Å². The van der Waals surface area contributed by atoms with Gasteiger partial charge >= 0.3 is 0 Å². The van der Waals surface area contributed by atoms with Crippen molar-refractivity contribution in [3.63, 3.8) is 0 Å². The third-order valence-corrected chi connectivity index (χ3v) is 5.35. The predicted molar refractivity (Wildman–Crippen MR) is 119 cm³/mol. The quantitative estimate of drug-likeness (QED) is 0.485. The van der Waals surface area contributed by atoms with E-state index >= 15 is 0 Å². The summed E-state index contributed by atoms with van der Waals surface area (Å²) >= 11 is 0. The molecule has 156 valence electrons. The highest BCUT2D eigenvalue weighted by molar-refractivity contribution is 5.99. The fourth-order valence-corrected chi connectivity index (χ4v) is 3.61. The lowest BCUT2D eigenvalue weighted by atomic mass is 10.0. The average Bonchev–Trinajstić information content (AvgIpc) is 3.23. The number of aryl methyl sites for hydroxylation is 1. The fourth-order valence-electron chi connectivity index (χ4n) is 3.61. The van der Waals surface area contributed by atoms with Crippen LogP contribution in [0, 0.1) is 0 Å². The van der Waals surface area contributed by atoms with Gasteiger partial charge in [-0.3, -0.25) is 14.6 Å². The maximum atomic E-state index is 13.1. The number of nitrogens with one attached hydrogen (secondary N) is 1. The first kappa shape index (κ1) is 20.3. The summed E-state index contributed by atoms with van der Waals surface area (Å²) in [5.74, 6) is -0.0820. The van der Waals surface area contributed by atoms with E-state index in [2.05, 4.69) is 15.0 Å². The highest BCUT2D eigenvalue weighted by atomic mass is 16.2. The Hall–Kier alpha value is -4.00. The van der Waals surface area contributed by atoms with Gasteiger partial charge in [-0.15, -0.1) is 0 Å². The van der Waals surface area contributed by atoms with E-state index in [9.17, 15) is 9.59 Å². The molecule has 2 aromatic heterocycles. The van der Waals surface area contributed by atoms with Crippen LogP contribution in [-0.2, 0) is 11.2 Å². The number of benzene rings is 2. The van der Waals surface area contributed by atoms with E-state index in [0.717, 1.165) is 22.2 Å². The van der Waals surface area contributed by atoms with Crippen molar-refractivity contribution in [1.29, 1.82) is 0 Å². The number of nitrogens with zero attached hydrogens (tertiary/aromatic N) is 3. The van der Waals surface area contributed by atoms with Crippen LogP contribution >= 0.6 is 0 Å². The molecule has 0 unspecified atom stereocenters. The molecule has 0 saturated heterocycles. The summed E-state index contributed by atoms with van der Waals surface area (Å²) in [5.41, 5.74) is 9.58. The van der Waals surface area contributed by atoms with Gasteiger partial charge in [0.05, 0.1) is 11.0 Å². The lowest BCUT2D eigenvalue weighted by Crippen LogP contribution is -2.46. The summed E-state index contributed by atoms with van der Waals surface area (Å²) in [6, 6.07) is 18.1. The predicted octanol–water partition coefficient (Wildman–Crippen LogP) is 3.18. The number of rotatable bonds is 7. The lowest BCUT2D eigenvalue weighted by molar-refractivity contribution is -0.122. The molecule has 7 nitrogen and oxygen atoms in total. The van der Waals surface area contributed by atoms with Gasteiger partial charge in [0.15, 0.2) is 0 Å². The molecule has 0 fully saturated rings. The van der Waals surface area contributed by atoms with Crippen LogP contribution in [0.2, 0.25) is 0 Å². The number of hydrogen-bond acceptors (Lipinski definition) is 4. The van der Waals surface area contributed by atoms with E-state index in [1.165, 1.54) is 4.90 Å². The number of imidazole rings is 1. The van der Waals surface area contributed by atoms with Crippen molar-refractivity contribution >= 4 is 22.8 Å². The van der Waals surface area contributed by atoms with Crippen molar-refractivity contribution in [3.05, 3.63) is 84.2 Å². The second kappa shape index (κ2) is 8.79. The number of aromatic nitrogens is 3. The van der Waals surface area contributed by atoms with E-state index < -0.39 is 11.9 Å². The summed E-state index contributed by atoms with van der Waals surface area (Å²) in [7, 11) is 1.61. The van der Waals surface area contributed by atoms with Crippen molar-refractivity contribution in [1.82, 2.24) is 19.9 Å². The molecule has 0 radical (unpaired) electrons. The second-order valence-electron chi connectivity index (χ2n) is 7.41. The van der Waals surface area contributed by atoms with Crippen molar-refractivity contribution in [2.24, 2.45) is 5.73 Å². The van der Waals surface area contributed by atoms with E-state index in [4.69, 9.17) is 5.73 Å². The molecule has 3 N–H and O–H groups in total. The van der Waals surface area contributed by atoms with E-state index in [-0.39, 0.29) is 5.91 Å². The number of carbonyl (C=O) groups is 2. The largest absolute Gasteiger partial charge is 0.368 e. The number of primary amides is 1. The van der Waals surface area contributed by atoms with Crippen LogP contribution in [0.25, 0.3) is 22.4 Å². The molecule has 0 aliphatic rings. The number of likely N-dealkylation sites (N-methyl/N-ethyl adjacent to an activating group) is 1. The first-order valence-electron chi connectivity index (χ1n) is 10.0. The fraction of sp³-hybridized carbons (Fsp3) is 0.167. The number of aromatic amines is 1. The molecule has 0 saturated carbocycles. The molecule has 0 spiro atoms. The molecule has 1 atom stereocenters. The van der Waals surface area contributed by atoms with E-state index in [1.807, 2.05) is 42.5 Å². The Bertz CT molecular complexity index is 1200. The number of nitrogens with two attached hydrogens (primary N) is 1. The molecule has 4 aromatic rings. The monoisotopic (exact) mass is 413 g/mol. The summed E-state index contributed by atoms with van der Waals surface area (Å²) in [6.07, 6.45) is 4.51. The minimum atomic E-state index is -0.697. The first-order chi connectivity index (χ1) is 15.0. The molecule has 2 aromatic carbocycles. The number of fused-ring (bicyclic) bond motifs is 1. The topological polar surface area (TPSA) is 105 Å². The molecular weight excluding hydrogens is 390 g/mol. The highest BCUT2D eigenvalue weighted by Gasteiger charge is 2.26. The summed E-state index contributed by atoms with van der Waals surface area (Å²) in [6.45, 7) is 0. The van der Waals surface area contributed by atoms with E-state index in [0.29, 0.717) is 24.2 Å².